The average Bonchev–Trinajstić information content (AvgIpc) is 3.09. The molecule has 1 saturated heterocycles. The summed E-state index contributed by atoms with van der Waals surface area (Å²) in [5.74, 6) is -0.0380. The molecule has 0 saturated carbocycles. The van der Waals surface area contributed by atoms with E-state index in [4.69, 9.17) is 9.47 Å². The summed E-state index contributed by atoms with van der Waals surface area (Å²) in [5.41, 5.74) is 2.12. The van der Waals surface area contributed by atoms with Gasteiger partial charge in [0, 0.05) is 31.9 Å². The first kappa shape index (κ1) is 19.0. The molecule has 1 atom stereocenters. The molecule has 1 aliphatic heterocycles. The van der Waals surface area contributed by atoms with Gasteiger partial charge >= 0.3 is 0 Å². The molecule has 5 heteroatoms. The number of fused-ring (bicyclic) bond motifs is 1. The van der Waals surface area contributed by atoms with E-state index in [-0.39, 0.29) is 11.4 Å². The van der Waals surface area contributed by atoms with E-state index >= 15 is 0 Å². The lowest BCUT2D eigenvalue weighted by Crippen LogP contribution is -2.39. The molecule has 0 radical (unpaired) electrons. The molecular weight excluding hydrogens is 355 g/mol. The minimum Gasteiger partial charge on any atom is -0.488 e. The lowest BCUT2D eigenvalue weighted by atomic mass is 9.95. The zero-order valence-electron chi connectivity index (χ0n) is 16.3. The normalized spacial score (nSPS) is 20.9. The number of H-pyrrole nitrogens is 1. The third-order valence-corrected chi connectivity index (χ3v) is 5.77. The number of methoxy groups -OCH3 is 1. The van der Waals surface area contributed by atoms with E-state index in [1.165, 1.54) is 22.5 Å². The Balaban J connectivity index is 1.39. The third kappa shape index (κ3) is 4.21. The van der Waals surface area contributed by atoms with Crippen molar-refractivity contribution in [2.45, 2.75) is 31.4 Å². The Hall–Kier alpha value is -2.37. The first-order chi connectivity index (χ1) is 13.7. The molecule has 4 rings (SSSR count). The van der Waals surface area contributed by atoms with Crippen LogP contribution in [0.1, 0.15) is 24.8 Å². The molecule has 1 N–H and O–H groups in total. The van der Waals surface area contributed by atoms with E-state index < -0.39 is 0 Å². The monoisotopic (exact) mass is 382 g/mol. The Labute approximate surface area is 165 Å². The van der Waals surface area contributed by atoms with Crippen molar-refractivity contribution in [3.05, 3.63) is 66.1 Å². The van der Waals surface area contributed by atoms with E-state index in [2.05, 4.69) is 34.1 Å². The number of halogens is 1. The summed E-state index contributed by atoms with van der Waals surface area (Å²) in [6.07, 6.45) is 4.78. The molecule has 1 fully saturated rings. The summed E-state index contributed by atoms with van der Waals surface area (Å²) in [5, 5.41) is 1.25. The van der Waals surface area contributed by atoms with Crippen LogP contribution >= 0.6 is 0 Å². The highest BCUT2D eigenvalue weighted by Gasteiger charge is 2.33. The van der Waals surface area contributed by atoms with Crippen molar-refractivity contribution in [3.8, 4) is 5.75 Å². The van der Waals surface area contributed by atoms with Gasteiger partial charge in [0.25, 0.3) is 0 Å². The van der Waals surface area contributed by atoms with Crippen LogP contribution in [0, 0.1) is 5.82 Å². The Bertz CT molecular complexity index is 926. The number of para-hydroxylation sites is 1. The quantitative estimate of drug-likeness (QED) is 0.668. The smallest absolute Gasteiger partial charge is 0.165 e. The Morgan fingerprint density at radius 2 is 2.00 bits per heavy atom. The van der Waals surface area contributed by atoms with Gasteiger partial charge in [-0.15, -0.1) is 0 Å². The van der Waals surface area contributed by atoms with Crippen molar-refractivity contribution in [2.75, 3.05) is 26.8 Å². The second kappa shape index (κ2) is 8.33. The molecule has 148 valence electrons. The standard InChI is InChI=1S/C23H27FN2O2/c1-27-23(17-28-22-6-3-2-5-20(22)24)10-4-13-26(14-11-23)16-18-7-8-21-19(15-18)9-12-25-21/h2-3,5-9,12,15,25H,4,10-11,13-14,16-17H2,1H3/t23-/m1/s1. The van der Waals surface area contributed by atoms with Crippen LogP contribution in [0.25, 0.3) is 10.9 Å². The molecule has 1 aromatic heterocycles. The minimum absolute atomic E-state index is 0.292. The maximum Gasteiger partial charge on any atom is 0.165 e. The molecule has 2 heterocycles. The summed E-state index contributed by atoms with van der Waals surface area (Å²) in [4.78, 5) is 5.71. The van der Waals surface area contributed by atoms with Crippen molar-refractivity contribution in [3.63, 3.8) is 0 Å². The van der Waals surface area contributed by atoms with Crippen LogP contribution in [0.3, 0.4) is 0 Å². The second-order valence-electron chi connectivity index (χ2n) is 7.64. The van der Waals surface area contributed by atoms with Crippen LogP contribution in [0.15, 0.2) is 54.7 Å². The molecule has 1 aliphatic rings. The topological polar surface area (TPSA) is 37.5 Å². The average molecular weight is 382 g/mol. The number of aromatic nitrogens is 1. The number of likely N-dealkylation sites (tertiary alicyclic amines) is 1. The fraction of sp³-hybridized carbons (Fsp3) is 0.391. The van der Waals surface area contributed by atoms with Crippen LogP contribution < -0.4 is 4.74 Å². The number of rotatable bonds is 6. The molecule has 3 aromatic rings. The number of nitrogens with zero attached hydrogens (tertiary/aromatic N) is 1. The highest BCUT2D eigenvalue weighted by molar-refractivity contribution is 5.79. The van der Waals surface area contributed by atoms with E-state index in [0.29, 0.717) is 12.4 Å². The number of ether oxygens (including phenoxy) is 2. The predicted molar refractivity (Wildman–Crippen MR) is 109 cm³/mol. The van der Waals surface area contributed by atoms with Crippen molar-refractivity contribution in [1.82, 2.24) is 9.88 Å². The second-order valence-corrected chi connectivity index (χ2v) is 7.64. The summed E-state index contributed by atoms with van der Waals surface area (Å²) >= 11 is 0. The molecule has 2 aromatic carbocycles. The maximum absolute atomic E-state index is 13.9. The van der Waals surface area contributed by atoms with E-state index in [1.807, 2.05) is 6.20 Å². The lowest BCUT2D eigenvalue weighted by Gasteiger charge is -2.31. The highest BCUT2D eigenvalue weighted by Crippen LogP contribution is 2.29. The number of hydrogen-bond donors (Lipinski definition) is 1. The van der Waals surface area contributed by atoms with Gasteiger partial charge < -0.3 is 14.5 Å². The van der Waals surface area contributed by atoms with Gasteiger partial charge in [-0.25, -0.2) is 4.39 Å². The van der Waals surface area contributed by atoms with Gasteiger partial charge in [0.05, 0.1) is 0 Å². The first-order valence-electron chi connectivity index (χ1n) is 9.88. The highest BCUT2D eigenvalue weighted by atomic mass is 19.1. The van der Waals surface area contributed by atoms with E-state index in [0.717, 1.165) is 38.9 Å². The van der Waals surface area contributed by atoms with Crippen molar-refractivity contribution >= 4 is 10.9 Å². The van der Waals surface area contributed by atoms with E-state index in [9.17, 15) is 4.39 Å². The molecule has 0 spiro atoms. The van der Waals surface area contributed by atoms with Gasteiger partial charge in [-0.05, 0) is 67.1 Å². The molecule has 4 nitrogen and oxygen atoms in total. The molecule has 0 amide bonds. The summed E-state index contributed by atoms with van der Waals surface area (Å²) < 4.78 is 25.6. The predicted octanol–water partition coefficient (Wildman–Crippen LogP) is 4.76. The Morgan fingerprint density at radius 1 is 1.11 bits per heavy atom. The number of aromatic amines is 1. The van der Waals surface area contributed by atoms with Gasteiger partial charge in [-0.2, -0.15) is 0 Å². The van der Waals surface area contributed by atoms with Crippen LogP contribution in [0.4, 0.5) is 4.39 Å². The van der Waals surface area contributed by atoms with Crippen LogP contribution in [0.5, 0.6) is 5.75 Å². The maximum atomic E-state index is 13.9. The van der Waals surface area contributed by atoms with E-state index in [1.54, 1.807) is 25.3 Å². The zero-order chi connectivity index (χ0) is 19.4. The van der Waals surface area contributed by atoms with Crippen LogP contribution in [0.2, 0.25) is 0 Å². The van der Waals surface area contributed by atoms with Crippen molar-refractivity contribution < 1.29 is 13.9 Å². The van der Waals surface area contributed by atoms with Gasteiger partial charge in [-0.1, -0.05) is 18.2 Å². The fourth-order valence-electron chi connectivity index (χ4n) is 4.02. The minimum atomic E-state index is -0.373. The SMILES string of the molecule is CO[C@]1(COc2ccccc2F)CCCN(Cc2ccc3[nH]ccc3c2)CC1. The summed E-state index contributed by atoms with van der Waals surface area (Å²) in [7, 11) is 1.74. The molecule has 0 bridgehead atoms. The van der Waals surface area contributed by atoms with Gasteiger partial charge in [-0.3, -0.25) is 4.90 Å². The van der Waals surface area contributed by atoms with Crippen LogP contribution in [-0.4, -0.2) is 42.3 Å². The molecule has 28 heavy (non-hydrogen) atoms. The summed E-state index contributed by atoms with van der Waals surface area (Å²) in [6, 6.07) is 15.2. The molecule has 0 unspecified atom stereocenters. The van der Waals surface area contributed by atoms with Gasteiger partial charge in [0.1, 0.15) is 12.2 Å². The molecule has 0 aliphatic carbocycles. The number of hydrogen-bond acceptors (Lipinski definition) is 3. The largest absolute Gasteiger partial charge is 0.488 e. The van der Waals surface area contributed by atoms with Crippen LogP contribution in [-0.2, 0) is 11.3 Å². The number of nitrogens with one attached hydrogen (secondary N) is 1. The third-order valence-electron chi connectivity index (χ3n) is 5.77. The fourth-order valence-corrected chi connectivity index (χ4v) is 4.02. The van der Waals surface area contributed by atoms with Gasteiger partial charge in [0.2, 0.25) is 0 Å². The number of benzene rings is 2. The Morgan fingerprint density at radius 3 is 2.86 bits per heavy atom. The first-order valence-corrected chi connectivity index (χ1v) is 9.88. The lowest BCUT2D eigenvalue weighted by molar-refractivity contribution is -0.0548. The summed E-state index contributed by atoms with van der Waals surface area (Å²) in [6.45, 7) is 3.25. The molecular formula is C23H27FN2O2. The van der Waals surface area contributed by atoms with Gasteiger partial charge in [0.15, 0.2) is 11.6 Å². The zero-order valence-corrected chi connectivity index (χ0v) is 16.3. The van der Waals surface area contributed by atoms with Crippen molar-refractivity contribution in [2.24, 2.45) is 0 Å². The van der Waals surface area contributed by atoms with Crippen molar-refractivity contribution in [1.29, 1.82) is 0 Å². The Kier molecular flexibility index (Phi) is 5.64.